The highest BCUT2D eigenvalue weighted by atomic mass is 32.2. The zero-order chi connectivity index (χ0) is 13.8. The molecular formula is C11H21N3O3S. The molecule has 1 fully saturated rings. The average molecular weight is 275 g/mol. The molecule has 0 saturated carbocycles. The summed E-state index contributed by atoms with van der Waals surface area (Å²) in [6.45, 7) is 8.81. The Balaban J connectivity index is 2.75. The van der Waals surface area contributed by atoms with E-state index in [0.717, 1.165) is 10.8 Å². The van der Waals surface area contributed by atoms with Crippen LogP contribution in [0.25, 0.3) is 0 Å². The van der Waals surface area contributed by atoms with Crippen molar-refractivity contribution in [3.8, 4) is 0 Å². The molecular weight excluding hydrogens is 254 g/mol. The molecule has 1 aliphatic rings. The van der Waals surface area contributed by atoms with Gasteiger partial charge in [-0.2, -0.15) is 8.42 Å². The third-order valence-corrected chi connectivity index (χ3v) is 4.07. The van der Waals surface area contributed by atoms with Crippen LogP contribution >= 0.6 is 0 Å². The maximum absolute atomic E-state index is 11.7. The molecule has 1 amide bonds. The molecule has 0 aromatic rings. The summed E-state index contributed by atoms with van der Waals surface area (Å²) in [6, 6.07) is 0. The maximum atomic E-state index is 11.7. The molecule has 18 heavy (non-hydrogen) atoms. The molecule has 104 valence electrons. The lowest BCUT2D eigenvalue weighted by Crippen LogP contribution is -2.46. The van der Waals surface area contributed by atoms with Crippen LogP contribution in [0.1, 0.15) is 26.7 Å². The van der Waals surface area contributed by atoms with Gasteiger partial charge in [0, 0.05) is 13.1 Å². The van der Waals surface area contributed by atoms with Crippen molar-refractivity contribution in [2.75, 3.05) is 19.6 Å². The van der Waals surface area contributed by atoms with E-state index in [1.165, 1.54) is 0 Å². The second-order valence-corrected chi connectivity index (χ2v) is 6.30. The molecule has 0 radical (unpaired) electrons. The van der Waals surface area contributed by atoms with Crippen molar-refractivity contribution < 1.29 is 13.2 Å². The fraction of sp³-hybridized carbons (Fsp3) is 0.727. The summed E-state index contributed by atoms with van der Waals surface area (Å²) in [6.07, 6.45) is 3.29. The predicted molar refractivity (Wildman–Crippen MR) is 69.6 cm³/mol. The van der Waals surface area contributed by atoms with E-state index in [0.29, 0.717) is 25.4 Å². The van der Waals surface area contributed by atoms with Crippen LogP contribution in [-0.4, -0.2) is 43.4 Å². The Labute approximate surface area is 109 Å². The largest absolute Gasteiger partial charge is 0.317 e. The molecule has 0 aromatic heterocycles. The number of hydrazine groups is 1. The Bertz CT molecular complexity index is 406. The molecule has 1 heterocycles. The summed E-state index contributed by atoms with van der Waals surface area (Å²) in [5.74, 6) is -0.00616. The summed E-state index contributed by atoms with van der Waals surface area (Å²) in [5, 5.41) is 1.70. The van der Waals surface area contributed by atoms with E-state index in [1.54, 1.807) is 11.1 Å². The van der Waals surface area contributed by atoms with Crippen LogP contribution < -0.4 is 4.72 Å². The van der Waals surface area contributed by atoms with Crippen molar-refractivity contribution >= 4 is 16.1 Å². The second-order valence-electron chi connectivity index (χ2n) is 4.72. The number of nitrogens with one attached hydrogen (secondary N) is 1. The minimum absolute atomic E-state index is 0.127. The van der Waals surface area contributed by atoms with Crippen molar-refractivity contribution in [3.05, 3.63) is 12.7 Å². The van der Waals surface area contributed by atoms with Gasteiger partial charge < -0.3 is 0 Å². The Morgan fingerprint density at radius 1 is 1.50 bits per heavy atom. The number of carbonyl (C=O) groups excluding carboxylic acids is 1. The summed E-state index contributed by atoms with van der Waals surface area (Å²) >= 11 is 0. The first kappa shape index (κ1) is 15.1. The summed E-state index contributed by atoms with van der Waals surface area (Å²) < 4.78 is 26.6. The number of amides is 1. The van der Waals surface area contributed by atoms with Gasteiger partial charge in [-0.3, -0.25) is 4.79 Å². The molecule has 0 bridgehead atoms. The molecule has 0 unspecified atom stereocenters. The van der Waals surface area contributed by atoms with Crippen LogP contribution in [-0.2, 0) is 15.0 Å². The summed E-state index contributed by atoms with van der Waals surface area (Å²) in [7, 11) is -3.69. The van der Waals surface area contributed by atoms with Gasteiger partial charge in [0.1, 0.15) is 6.54 Å². The summed E-state index contributed by atoms with van der Waals surface area (Å²) in [5.41, 5.74) is 0. The molecule has 1 N–H and O–H groups in total. The second kappa shape index (κ2) is 6.31. The molecule has 6 nitrogen and oxygen atoms in total. The van der Waals surface area contributed by atoms with E-state index in [-0.39, 0.29) is 6.54 Å². The van der Waals surface area contributed by atoms with E-state index >= 15 is 0 Å². The monoisotopic (exact) mass is 275 g/mol. The Morgan fingerprint density at radius 2 is 2.17 bits per heavy atom. The fourth-order valence-electron chi connectivity index (χ4n) is 1.67. The van der Waals surface area contributed by atoms with Crippen LogP contribution in [0.5, 0.6) is 0 Å². The minimum Gasteiger partial charge on any atom is -0.272 e. The smallest absolute Gasteiger partial charge is 0.272 e. The highest BCUT2D eigenvalue weighted by Gasteiger charge is 2.37. The van der Waals surface area contributed by atoms with Crippen molar-refractivity contribution in [1.82, 2.24) is 14.1 Å². The van der Waals surface area contributed by atoms with Crippen molar-refractivity contribution in [2.45, 2.75) is 26.7 Å². The first-order chi connectivity index (χ1) is 8.36. The topological polar surface area (TPSA) is 69.7 Å². The van der Waals surface area contributed by atoms with Crippen LogP contribution in [0.4, 0.5) is 0 Å². The van der Waals surface area contributed by atoms with Crippen molar-refractivity contribution in [2.24, 2.45) is 5.92 Å². The maximum Gasteiger partial charge on any atom is 0.317 e. The molecule has 0 spiro atoms. The Morgan fingerprint density at radius 3 is 2.61 bits per heavy atom. The minimum atomic E-state index is -3.69. The summed E-state index contributed by atoms with van der Waals surface area (Å²) in [4.78, 5) is 11.2. The van der Waals surface area contributed by atoms with Crippen LogP contribution in [0, 0.1) is 5.92 Å². The molecule has 1 rings (SSSR count). The molecule has 0 atom stereocenters. The Hall–Kier alpha value is -0.920. The van der Waals surface area contributed by atoms with E-state index in [9.17, 15) is 13.2 Å². The zero-order valence-electron chi connectivity index (χ0n) is 10.9. The van der Waals surface area contributed by atoms with Gasteiger partial charge in [0.25, 0.3) is 5.91 Å². The number of rotatable bonds is 7. The lowest BCUT2D eigenvalue weighted by Gasteiger charge is -2.29. The van der Waals surface area contributed by atoms with Crippen LogP contribution in [0.3, 0.4) is 0 Å². The van der Waals surface area contributed by atoms with Gasteiger partial charge in [-0.05, 0) is 18.8 Å². The SMILES string of the molecule is C=CCCN(CCC(C)C)N1CC(=O)NS1(=O)=O. The number of hydrogen-bond acceptors (Lipinski definition) is 4. The van der Waals surface area contributed by atoms with E-state index in [2.05, 4.69) is 20.4 Å². The van der Waals surface area contributed by atoms with E-state index < -0.39 is 16.1 Å². The molecule has 1 aliphatic heterocycles. The van der Waals surface area contributed by atoms with Gasteiger partial charge in [-0.15, -0.1) is 11.0 Å². The van der Waals surface area contributed by atoms with Gasteiger partial charge in [0.05, 0.1) is 0 Å². The highest BCUT2D eigenvalue weighted by Crippen LogP contribution is 2.13. The van der Waals surface area contributed by atoms with Gasteiger partial charge in [0.2, 0.25) is 0 Å². The lowest BCUT2D eigenvalue weighted by atomic mass is 10.1. The van der Waals surface area contributed by atoms with Crippen LogP contribution in [0.15, 0.2) is 12.7 Å². The fourth-order valence-corrected chi connectivity index (χ4v) is 2.88. The molecule has 0 aromatic carbocycles. The van der Waals surface area contributed by atoms with Crippen molar-refractivity contribution in [3.63, 3.8) is 0 Å². The number of nitrogens with zero attached hydrogens (tertiary/aromatic N) is 2. The number of hydrogen-bond donors (Lipinski definition) is 1. The van der Waals surface area contributed by atoms with E-state index in [4.69, 9.17) is 0 Å². The normalized spacial score (nSPS) is 19.4. The first-order valence-electron chi connectivity index (χ1n) is 6.06. The molecule has 0 aliphatic carbocycles. The van der Waals surface area contributed by atoms with Gasteiger partial charge in [-0.25, -0.2) is 9.73 Å². The number of carbonyl (C=O) groups is 1. The molecule has 1 saturated heterocycles. The van der Waals surface area contributed by atoms with Crippen LogP contribution in [0.2, 0.25) is 0 Å². The quantitative estimate of drug-likeness (QED) is 0.687. The molecule has 7 heteroatoms. The third-order valence-electron chi connectivity index (χ3n) is 2.67. The standard InChI is InChI=1S/C11H21N3O3S/c1-4-5-7-13(8-6-10(2)3)14-9-11(15)12-18(14,16)17/h4,10H,1,5-9H2,2-3H3,(H,12,15). The predicted octanol–water partition coefficient (Wildman–Crippen LogP) is 0.502. The average Bonchev–Trinajstić information content (AvgIpc) is 2.52. The van der Waals surface area contributed by atoms with Crippen molar-refractivity contribution in [1.29, 1.82) is 0 Å². The van der Waals surface area contributed by atoms with E-state index in [1.807, 2.05) is 4.72 Å². The zero-order valence-corrected chi connectivity index (χ0v) is 11.7. The van der Waals surface area contributed by atoms with Gasteiger partial charge >= 0.3 is 10.2 Å². The van der Waals surface area contributed by atoms with Gasteiger partial charge in [0.15, 0.2) is 0 Å². The lowest BCUT2D eigenvalue weighted by molar-refractivity contribution is -0.120. The third kappa shape index (κ3) is 4.08. The Kier molecular flexibility index (Phi) is 5.30. The highest BCUT2D eigenvalue weighted by molar-refractivity contribution is 7.88. The van der Waals surface area contributed by atoms with Gasteiger partial charge in [-0.1, -0.05) is 19.9 Å². The first-order valence-corrected chi connectivity index (χ1v) is 7.50.